The number of carbonyl (C=O) groups excluding carboxylic acids is 1. The number of urea groups is 1. The van der Waals surface area contributed by atoms with Crippen LogP contribution in [0.1, 0.15) is 68.7 Å². The van der Waals surface area contributed by atoms with Crippen molar-refractivity contribution in [3.63, 3.8) is 0 Å². The minimum absolute atomic E-state index is 0.125. The molecule has 2 aromatic rings. The number of carbonyl (C=O) groups is 1. The summed E-state index contributed by atoms with van der Waals surface area (Å²) >= 11 is 0. The number of piperidine rings is 1. The fourth-order valence-corrected chi connectivity index (χ4v) is 3.91. The van der Waals surface area contributed by atoms with Crippen LogP contribution in [0.25, 0.3) is 0 Å². The predicted molar refractivity (Wildman–Crippen MR) is 91.1 cm³/mol. The number of aromatic nitrogens is 4. The van der Waals surface area contributed by atoms with Crippen LogP contribution in [0.4, 0.5) is 10.6 Å². The molecule has 1 saturated heterocycles. The normalized spacial score (nSPS) is 21.6. The molecular formula is C17H24N6O2. The van der Waals surface area contributed by atoms with Crippen molar-refractivity contribution in [1.29, 1.82) is 0 Å². The van der Waals surface area contributed by atoms with Crippen LogP contribution in [-0.2, 0) is 0 Å². The first kappa shape index (κ1) is 16.1. The fourth-order valence-electron chi connectivity index (χ4n) is 3.91. The lowest BCUT2D eigenvalue weighted by atomic mass is 10.0. The van der Waals surface area contributed by atoms with Gasteiger partial charge in [-0.3, -0.25) is 5.32 Å². The van der Waals surface area contributed by atoms with Crippen LogP contribution in [0.5, 0.6) is 0 Å². The van der Waals surface area contributed by atoms with Crippen LogP contribution in [0, 0.1) is 6.92 Å². The van der Waals surface area contributed by atoms with E-state index in [4.69, 9.17) is 4.52 Å². The van der Waals surface area contributed by atoms with Crippen molar-refractivity contribution in [1.82, 2.24) is 24.8 Å². The van der Waals surface area contributed by atoms with Crippen LogP contribution in [0.2, 0.25) is 0 Å². The lowest BCUT2D eigenvalue weighted by Gasteiger charge is -2.33. The fraction of sp³-hybridized carbons (Fsp3) is 0.647. The van der Waals surface area contributed by atoms with E-state index in [1.165, 1.54) is 12.8 Å². The first-order valence-corrected chi connectivity index (χ1v) is 9.14. The molecule has 8 nitrogen and oxygen atoms in total. The van der Waals surface area contributed by atoms with Gasteiger partial charge in [0.25, 0.3) is 0 Å². The van der Waals surface area contributed by atoms with Gasteiger partial charge in [0.1, 0.15) is 11.9 Å². The lowest BCUT2D eigenvalue weighted by Crippen LogP contribution is -2.41. The molecule has 2 fully saturated rings. The molecule has 25 heavy (non-hydrogen) atoms. The molecule has 0 spiro atoms. The molecule has 1 N–H and O–H groups in total. The topological polar surface area (TPSA) is 89.1 Å². The second kappa shape index (κ2) is 6.85. The number of nitrogens with zero attached hydrogens (tertiary/aromatic N) is 5. The third kappa shape index (κ3) is 3.25. The van der Waals surface area contributed by atoms with E-state index in [9.17, 15) is 4.79 Å². The van der Waals surface area contributed by atoms with Crippen molar-refractivity contribution < 1.29 is 9.32 Å². The van der Waals surface area contributed by atoms with Crippen LogP contribution in [0.15, 0.2) is 16.8 Å². The molecule has 1 aliphatic carbocycles. The summed E-state index contributed by atoms with van der Waals surface area (Å²) in [6.07, 6.45) is 9.33. The predicted octanol–water partition coefficient (Wildman–Crippen LogP) is 3.45. The Balaban J connectivity index is 1.50. The average molecular weight is 344 g/mol. The van der Waals surface area contributed by atoms with Crippen LogP contribution >= 0.6 is 0 Å². The first-order chi connectivity index (χ1) is 12.2. The maximum absolute atomic E-state index is 12.9. The van der Waals surface area contributed by atoms with Gasteiger partial charge in [-0.25, -0.2) is 9.48 Å². The second-order valence-electron chi connectivity index (χ2n) is 6.91. The Hall–Kier alpha value is -2.38. The number of amides is 2. The van der Waals surface area contributed by atoms with E-state index < -0.39 is 0 Å². The third-order valence-electron chi connectivity index (χ3n) is 5.17. The van der Waals surface area contributed by atoms with E-state index in [-0.39, 0.29) is 12.1 Å². The van der Waals surface area contributed by atoms with Gasteiger partial charge in [-0.05, 0) is 39.0 Å². The largest absolute Gasteiger partial charge is 0.337 e. The van der Waals surface area contributed by atoms with E-state index in [1.54, 1.807) is 13.1 Å². The summed E-state index contributed by atoms with van der Waals surface area (Å²) in [7, 11) is 0. The van der Waals surface area contributed by atoms with Crippen molar-refractivity contribution in [2.24, 2.45) is 0 Å². The van der Waals surface area contributed by atoms with Crippen molar-refractivity contribution >= 4 is 11.8 Å². The number of anilines is 1. The molecule has 134 valence electrons. The highest BCUT2D eigenvalue weighted by Gasteiger charge is 2.32. The van der Waals surface area contributed by atoms with E-state index in [0.29, 0.717) is 24.3 Å². The highest BCUT2D eigenvalue weighted by atomic mass is 16.5. The Bertz CT molecular complexity index is 733. The number of nitrogens with one attached hydrogen (secondary N) is 1. The number of hydrogen-bond donors (Lipinski definition) is 1. The van der Waals surface area contributed by atoms with Crippen molar-refractivity contribution in [2.45, 2.75) is 64.0 Å². The molecule has 0 aromatic carbocycles. The summed E-state index contributed by atoms with van der Waals surface area (Å²) in [6, 6.07) is 1.98. The molecule has 3 heterocycles. The molecule has 2 aromatic heterocycles. The average Bonchev–Trinajstić information content (AvgIpc) is 3.35. The summed E-state index contributed by atoms with van der Waals surface area (Å²) < 4.78 is 7.28. The van der Waals surface area contributed by atoms with Gasteiger partial charge in [-0.2, -0.15) is 10.1 Å². The zero-order valence-electron chi connectivity index (χ0n) is 14.5. The number of rotatable bonds is 3. The molecule has 2 aliphatic rings. The van der Waals surface area contributed by atoms with E-state index in [0.717, 1.165) is 37.9 Å². The monoisotopic (exact) mass is 344 g/mol. The van der Waals surface area contributed by atoms with Crippen LogP contribution in [-0.4, -0.2) is 37.4 Å². The van der Waals surface area contributed by atoms with Gasteiger partial charge in [-0.1, -0.05) is 18.0 Å². The standard InChI is InChI=1S/C17H24N6O2/c1-12-19-16(25-21-12)14-8-4-5-11-22(14)17(24)20-15-9-10-18-23(15)13-6-2-3-7-13/h9-10,13-14H,2-8,11H2,1H3,(H,20,24). The zero-order chi connectivity index (χ0) is 17.2. The maximum atomic E-state index is 12.9. The SMILES string of the molecule is Cc1noc(C2CCCCN2C(=O)Nc2ccnn2C2CCCC2)n1. The summed E-state index contributed by atoms with van der Waals surface area (Å²) in [5, 5.41) is 11.3. The maximum Gasteiger partial charge on any atom is 0.323 e. The minimum Gasteiger partial charge on any atom is -0.337 e. The van der Waals surface area contributed by atoms with E-state index in [1.807, 2.05) is 15.6 Å². The Morgan fingerprint density at radius 3 is 2.80 bits per heavy atom. The Labute approximate surface area is 146 Å². The van der Waals surface area contributed by atoms with Crippen molar-refractivity contribution in [3.05, 3.63) is 24.0 Å². The number of likely N-dealkylation sites (tertiary alicyclic amines) is 1. The highest BCUT2D eigenvalue weighted by molar-refractivity contribution is 5.88. The summed E-state index contributed by atoms with van der Waals surface area (Å²) in [5.74, 6) is 1.89. The molecule has 8 heteroatoms. The Morgan fingerprint density at radius 2 is 2.04 bits per heavy atom. The summed E-state index contributed by atoms with van der Waals surface area (Å²) in [6.45, 7) is 2.48. The van der Waals surface area contributed by atoms with Crippen LogP contribution in [0.3, 0.4) is 0 Å². The summed E-state index contributed by atoms with van der Waals surface area (Å²) in [4.78, 5) is 19.0. The Kier molecular flexibility index (Phi) is 4.42. The smallest absolute Gasteiger partial charge is 0.323 e. The quantitative estimate of drug-likeness (QED) is 0.921. The zero-order valence-corrected chi connectivity index (χ0v) is 14.5. The van der Waals surface area contributed by atoms with Gasteiger partial charge in [0, 0.05) is 12.6 Å². The lowest BCUT2D eigenvalue weighted by molar-refractivity contribution is 0.142. The molecule has 4 rings (SSSR count). The summed E-state index contributed by atoms with van der Waals surface area (Å²) in [5.41, 5.74) is 0. The van der Waals surface area contributed by atoms with Gasteiger partial charge in [-0.15, -0.1) is 0 Å². The molecule has 1 unspecified atom stereocenters. The van der Waals surface area contributed by atoms with Crippen LogP contribution < -0.4 is 5.32 Å². The second-order valence-corrected chi connectivity index (χ2v) is 6.91. The third-order valence-corrected chi connectivity index (χ3v) is 5.17. The van der Waals surface area contributed by atoms with Gasteiger partial charge < -0.3 is 9.42 Å². The molecule has 0 bridgehead atoms. The number of hydrogen-bond acceptors (Lipinski definition) is 5. The van der Waals surface area contributed by atoms with Gasteiger partial charge in [0.15, 0.2) is 5.82 Å². The van der Waals surface area contributed by atoms with E-state index in [2.05, 4.69) is 20.6 Å². The highest BCUT2D eigenvalue weighted by Crippen LogP contribution is 2.33. The van der Waals surface area contributed by atoms with Crippen molar-refractivity contribution in [2.75, 3.05) is 11.9 Å². The van der Waals surface area contributed by atoms with Gasteiger partial charge in [0.05, 0.1) is 12.2 Å². The van der Waals surface area contributed by atoms with E-state index >= 15 is 0 Å². The van der Waals surface area contributed by atoms with Crippen molar-refractivity contribution in [3.8, 4) is 0 Å². The van der Waals surface area contributed by atoms with Gasteiger partial charge in [0.2, 0.25) is 5.89 Å². The first-order valence-electron chi connectivity index (χ1n) is 9.14. The van der Waals surface area contributed by atoms with Gasteiger partial charge >= 0.3 is 6.03 Å². The molecule has 1 atom stereocenters. The molecule has 1 saturated carbocycles. The minimum atomic E-state index is -0.155. The molecule has 0 radical (unpaired) electrons. The number of aryl methyl sites for hydroxylation is 1. The Morgan fingerprint density at radius 1 is 1.24 bits per heavy atom. The molecular weight excluding hydrogens is 320 g/mol. The molecule has 2 amide bonds. The molecule has 1 aliphatic heterocycles.